The molecule has 0 aliphatic carbocycles. The summed E-state index contributed by atoms with van der Waals surface area (Å²) in [5.74, 6) is 0.177. The molecule has 0 aromatic heterocycles. The first-order valence-electron chi connectivity index (χ1n) is 6.95. The molecule has 0 aliphatic heterocycles. The van der Waals surface area contributed by atoms with Gasteiger partial charge in [-0.25, -0.2) is 4.79 Å². The highest BCUT2D eigenvalue weighted by Crippen LogP contribution is 2.18. The van der Waals surface area contributed by atoms with Gasteiger partial charge >= 0.3 is 5.97 Å². The van der Waals surface area contributed by atoms with Gasteiger partial charge in [0.25, 0.3) is 5.69 Å². The van der Waals surface area contributed by atoms with Crippen molar-refractivity contribution >= 4 is 11.7 Å². The average Bonchev–Trinajstić information content (AvgIpc) is 2.36. The summed E-state index contributed by atoms with van der Waals surface area (Å²) < 4.78 is 10.7. The SMILES string of the molecule is C/C(=C\C(=O)OC(C)(C)C)CCOc1ccc([N+](=O)[O-])cc1. The molecule has 0 unspecified atom stereocenters. The van der Waals surface area contributed by atoms with E-state index in [9.17, 15) is 14.9 Å². The van der Waals surface area contributed by atoms with Crippen LogP contribution in [0.5, 0.6) is 5.75 Å². The molecular weight excluding hydrogens is 286 g/mol. The molecule has 0 N–H and O–H groups in total. The molecule has 0 spiro atoms. The third kappa shape index (κ3) is 6.88. The second-order valence-corrected chi connectivity index (χ2v) is 5.87. The van der Waals surface area contributed by atoms with Crippen LogP contribution < -0.4 is 4.74 Å². The van der Waals surface area contributed by atoms with Gasteiger partial charge in [0.05, 0.1) is 11.5 Å². The summed E-state index contributed by atoms with van der Waals surface area (Å²) in [5.41, 5.74) is 0.354. The summed E-state index contributed by atoms with van der Waals surface area (Å²) in [7, 11) is 0. The van der Waals surface area contributed by atoms with E-state index in [1.807, 2.05) is 27.7 Å². The third-order valence-electron chi connectivity index (χ3n) is 2.58. The fraction of sp³-hybridized carbons (Fsp3) is 0.438. The Morgan fingerprint density at radius 2 is 1.86 bits per heavy atom. The first-order chi connectivity index (χ1) is 10.2. The van der Waals surface area contributed by atoms with E-state index in [1.54, 1.807) is 12.1 Å². The fourth-order valence-corrected chi connectivity index (χ4v) is 1.60. The van der Waals surface area contributed by atoms with Crippen LogP contribution in [-0.2, 0) is 9.53 Å². The zero-order valence-electron chi connectivity index (χ0n) is 13.3. The molecule has 6 heteroatoms. The molecule has 0 amide bonds. The first kappa shape index (κ1) is 17.7. The molecule has 0 aliphatic rings. The minimum Gasteiger partial charge on any atom is -0.493 e. The lowest BCUT2D eigenvalue weighted by molar-refractivity contribution is -0.384. The molecule has 0 heterocycles. The minimum atomic E-state index is -0.511. The Balaban J connectivity index is 2.43. The second kappa shape index (κ2) is 7.59. The Morgan fingerprint density at radius 3 is 2.36 bits per heavy atom. The summed E-state index contributed by atoms with van der Waals surface area (Å²) >= 11 is 0. The fourth-order valence-electron chi connectivity index (χ4n) is 1.60. The average molecular weight is 307 g/mol. The topological polar surface area (TPSA) is 78.7 Å². The Labute approximate surface area is 129 Å². The van der Waals surface area contributed by atoms with Crippen molar-refractivity contribution in [3.63, 3.8) is 0 Å². The molecular formula is C16H21NO5. The number of esters is 1. The lowest BCUT2D eigenvalue weighted by atomic mass is 10.2. The highest BCUT2D eigenvalue weighted by Gasteiger charge is 2.14. The molecule has 120 valence electrons. The quantitative estimate of drug-likeness (QED) is 0.347. The van der Waals surface area contributed by atoms with Crippen LogP contribution in [0.25, 0.3) is 0 Å². The number of non-ortho nitro benzene ring substituents is 1. The van der Waals surface area contributed by atoms with Crippen LogP contribution in [0.1, 0.15) is 34.1 Å². The summed E-state index contributed by atoms with van der Waals surface area (Å²) in [6, 6.07) is 5.87. The Kier molecular flexibility index (Phi) is 6.10. The van der Waals surface area contributed by atoms with Gasteiger partial charge in [-0.2, -0.15) is 0 Å². The Bertz CT molecular complexity index is 555. The van der Waals surface area contributed by atoms with Crippen molar-refractivity contribution in [1.82, 2.24) is 0 Å². The molecule has 0 fully saturated rings. The standard InChI is InChI=1S/C16H21NO5/c1-12(11-15(18)22-16(2,3)4)9-10-21-14-7-5-13(6-8-14)17(19)20/h5-8,11H,9-10H2,1-4H3/b12-11+. The summed E-state index contributed by atoms with van der Waals surface area (Å²) in [6.45, 7) is 7.63. The van der Waals surface area contributed by atoms with Gasteiger partial charge in [0.1, 0.15) is 11.4 Å². The van der Waals surface area contributed by atoms with Gasteiger partial charge in [0.15, 0.2) is 0 Å². The van der Waals surface area contributed by atoms with Crippen LogP contribution in [-0.4, -0.2) is 23.1 Å². The van der Waals surface area contributed by atoms with E-state index in [0.29, 0.717) is 18.8 Å². The highest BCUT2D eigenvalue weighted by atomic mass is 16.6. The lowest BCUT2D eigenvalue weighted by Crippen LogP contribution is -2.22. The molecule has 6 nitrogen and oxygen atoms in total. The molecule has 0 radical (unpaired) electrons. The minimum absolute atomic E-state index is 0.0216. The van der Waals surface area contributed by atoms with Crippen LogP contribution in [0.15, 0.2) is 35.9 Å². The van der Waals surface area contributed by atoms with Crippen molar-refractivity contribution in [2.24, 2.45) is 0 Å². The monoisotopic (exact) mass is 307 g/mol. The van der Waals surface area contributed by atoms with E-state index in [2.05, 4.69) is 0 Å². The molecule has 0 saturated heterocycles. The second-order valence-electron chi connectivity index (χ2n) is 5.87. The van der Waals surface area contributed by atoms with Gasteiger partial charge in [0.2, 0.25) is 0 Å². The van der Waals surface area contributed by atoms with Crippen molar-refractivity contribution in [3.05, 3.63) is 46.0 Å². The van der Waals surface area contributed by atoms with Crippen molar-refractivity contribution < 1.29 is 19.2 Å². The van der Waals surface area contributed by atoms with E-state index in [-0.39, 0.29) is 11.7 Å². The van der Waals surface area contributed by atoms with E-state index in [4.69, 9.17) is 9.47 Å². The van der Waals surface area contributed by atoms with E-state index >= 15 is 0 Å². The summed E-state index contributed by atoms with van der Waals surface area (Å²) in [5, 5.41) is 10.5. The maximum atomic E-state index is 11.6. The van der Waals surface area contributed by atoms with Crippen LogP contribution in [0.4, 0.5) is 5.69 Å². The van der Waals surface area contributed by atoms with E-state index < -0.39 is 10.5 Å². The van der Waals surface area contributed by atoms with Crippen molar-refractivity contribution in [3.8, 4) is 5.75 Å². The van der Waals surface area contributed by atoms with E-state index in [0.717, 1.165) is 5.57 Å². The number of nitrogens with zero attached hydrogens (tertiary/aromatic N) is 1. The summed E-state index contributed by atoms with van der Waals surface area (Å²) in [6.07, 6.45) is 2.01. The number of benzene rings is 1. The predicted octanol–water partition coefficient (Wildman–Crippen LogP) is 3.65. The van der Waals surface area contributed by atoms with Gasteiger partial charge < -0.3 is 9.47 Å². The number of carbonyl (C=O) groups excluding carboxylic acids is 1. The van der Waals surface area contributed by atoms with Gasteiger partial charge in [-0.3, -0.25) is 10.1 Å². The Hall–Kier alpha value is -2.37. The lowest BCUT2D eigenvalue weighted by Gasteiger charge is -2.18. The maximum Gasteiger partial charge on any atom is 0.331 e. The third-order valence-corrected chi connectivity index (χ3v) is 2.58. The van der Waals surface area contributed by atoms with Crippen LogP contribution in [0, 0.1) is 10.1 Å². The van der Waals surface area contributed by atoms with Crippen molar-refractivity contribution in [2.45, 2.75) is 39.7 Å². The number of ether oxygens (including phenoxy) is 2. The molecule has 22 heavy (non-hydrogen) atoms. The van der Waals surface area contributed by atoms with Crippen LogP contribution >= 0.6 is 0 Å². The van der Waals surface area contributed by atoms with Gasteiger partial charge in [-0.1, -0.05) is 5.57 Å². The predicted molar refractivity (Wildman–Crippen MR) is 82.8 cm³/mol. The molecule has 0 bridgehead atoms. The van der Waals surface area contributed by atoms with E-state index in [1.165, 1.54) is 18.2 Å². The number of rotatable bonds is 6. The summed E-state index contributed by atoms with van der Waals surface area (Å²) in [4.78, 5) is 21.7. The number of hydrogen-bond acceptors (Lipinski definition) is 5. The normalized spacial score (nSPS) is 11.9. The number of nitro benzene ring substituents is 1. The zero-order valence-corrected chi connectivity index (χ0v) is 13.3. The first-order valence-corrected chi connectivity index (χ1v) is 6.95. The molecule has 0 saturated carbocycles. The maximum absolute atomic E-state index is 11.6. The highest BCUT2D eigenvalue weighted by molar-refractivity contribution is 5.83. The molecule has 0 atom stereocenters. The van der Waals surface area contributed by atoms with Crippen molar-refractivity contribution in [1.29, 1.82) is 0 Å². The van der Waals surface area contributed by atoms with Crippen molar-refractivity contribution in [2.75, 3.05) is 6.61 Å². The zero-order chi connectivity index (χ0) is 16.8. The number of nitro groups is 1. The molecule has 1 rings (SSSR count). The van der Waals surface area contributed by atoms with Crippen LogP contribution in [0.3, 0.4) is 0 Å². The number of carbonyl (C=O) groups is 1. The molecule has 1 aromatic carbocycles. The van der Waals surface area contributed by atoms with Gasteiger partial charge in [-0.15, -0.1) is 0 Å². The van der Waals surface area contributed by atoms with Gasteiger partial charge in [0, 0.05) is 24.6 Å². The van der Waals surface area contributed by atoms with Crippen LogP contribution in [0.2, 0.25) is 0 Å². The smallest absolute Gasteiger partial charge is 0.331 e. The largest absolute Gasteiger partial charge is 0.493 e. The van der Waals surface area contributed by atoms with Gasteiger partial charge in [-0.05, 0) is 39.8 Å². The molecule has 1 aromatic rings. The number of hydrogen-bond donors (Lipinski definition) is 0. The Morgan fingerprint density at radius 1 is 1.27 bits per heavy atom.